The van der Waals surface area contributed by atoms with Crippen molar-refractivity contribution in [2.75, 3.05) is 13.7 Å². The second-order valence-electron chi connectivity index (χ2n) is 4.37. The van der Waals surface area contributed by atoms with Crippen molar-refractivity contribution in [3.8, 4) is 5.75 Å². The van der Waals surface area contributed by atoms with Crippen LogP contribution in [0, 0.1) is 0 Å². The van der Waals surface area contributed by atoms with Gasteiger partial charge in [-0.2, -0.15) is 0 Å². The Labute approximate surface area is 115 Å². The predicted molar refractivity (Wildman–Crippen MR) is 77.5 cm³/mol. The lowest BCUT2D eigenvalue weighted by Crippen LogP contribution is -2.08. The molecule has 1 atom stereocenters. The summed E-state index contributed by atoms with van der Waals surface area (Å²) in [5, 5.41) is 0. The molecule has 0 saturated carbocycles. The lowest BCUT2D eigenvalue weighted by Gasteiger charge is -2.19. The van der Waals surface area contributed by atoms with Crippen molar-refractivity contribution < 1.29 is 9.47 Å². The summed E-state index contributed by atoms with van der Waals surface area (Å²) >= 11 is 0. The molecule has 0 aliphatic carbocycles. The lowest BCUT2D eigenvalue weighted by atomic mass is 10.0. The Hall–Kier alpha value is -1.80. The Morgan fingerprint density at radius 2 is 1.63 bits per heavy atom. The number of methoxy groups -OCH3 is 1. The van der Waals surface area contributed by atoms with Crippen LogP contribution in [0.15, 0.2) is 54.6 Å². The molecule has 0 aliphatic heterocycles. The molecule has 0 aromatic heterocycles. The zero-order valence-electron chi connectivity index (χ0n) is 11.5. The average Bonchev–Trinajstić information content (AvgIpc) is 2.48. The van der Waals surface area contributed by atoms with Crippen molar-refractivity contribution in [1.29, 1.82) is 0 Å². The zero-order chi connectivity index (χ0) is 13.5. The minimum atomic E-state index is 0.0718. The molecule has 2 nitrogen and oxygen atoms in total. The van der Waals surface area contributed by atoms with Crippen molar-refractivity contribution in [1.82, 2.24) is 0 Å². The van der Waals surface area contributed by atoms with Gasteiger partial charge in [-0.05, 0) is 24.1 Å². The normalized spacial score (nSPS) is 12.1. The van der Waals surface area contributed by atoms with Gasteiger partial charge < -0.3 is 9.47 Å². The van der Waals surface area contributed by atoms with E-state index >= 15 is 0 Å². The third-order valence-electron chi connectivity index (χ3n) is 3.14. The van der Waals surface area contributed by atoms with Crippen LogP contribution in [0.1, 0.15) is 24.2 Å². The summed E-state index contributed by atoms with van der Waals surface area (Å²) in [4.78, 5) is 0. The average molecular weight is 256 g/mol. The van der Waals surface area contributed by atoms with Crippen molar-refractivity contribution >= 4 is 0 Å². The Morgan fingerprint density at radius 1 is 0.947 bits per heavy atom. The topological polar surface area (TPSA) is 18.5 Å². The fraction of sp³-hybridized carbons (Fsp3) is 0.294. The van der Waals surface area contributed by atoms with Crippen LogP contribution in [0.3, 0.4) is 0 Å². The molecule has 2 aromatic carbocycles. The Balaban J connectivity index is 2.21. The molecule has 0 spiro atoms. The summed E-state index contributed by atoms with van der Waals surface area (Å²) in [6.45, 7) is 2.73. The van der Waals surface area contributed by atoms with Crippen molar-refractivity contribution in [3.05, 3.63) is 65.7 Å². The van der Waals surface area contributed by atoms with Gasteiger partial charge in [0.15, 0.2) is 0 Å². The van der Waals surface area contributed by atoms with Crippen molar-refractivity contribution in [3.63, 3.8) is 0 Å². The number of hydrogen-bond donors (Lipinski definition) is 0. The molecule has 1 unspecified atom stereocenters. The van der Waals surface area contributed by atoms with Crippen LogP contribution in [-0.4, -0.2) is 13.7 Å². The molecule has 2 heteroatoms. The molecule has 0 amide bonds. The monoisotopic (exact) mass is 256 g/mol. The first kappa shape index (κ1) is 13.6. The van der Waals surface area contributed by atoms with Gasteiger partial charge in [0.05, 0.1) is 13.2 Å². The molecular formula is C17H20O2. The van der Waals surface area contributed by atoms with Crippen LogP contribution < -0.4 is 4.74 Å². The molecule has 0 fully saturated rings. The first-order chi connectivity index (χ1) is 9.35. The van der Waals surface area contributed by atoms with Gasteiger partial charge in [0.1, 0.15) is 5.75 Å². The highest BCUT2D eigenvalue weighted by atomic mass is 16.5. The summed E-state index contributed by atoms with van der Waals surface area (Å²) in [5.41, 5.74) is 2.38. The van der Waals surface area contributed by atoms with Gasteiger partial charge in [-0.3, -0.25) is 0 Å². The van der Waals surface area contributed by atoms with Gasteiger partial charge in [0.2, 0.25) is 0 Å². The molecule has 2 rings (SSSR count). The summed E-state index contributed by atoms with van der Waals surface area (Å²) in [6, 6.07) is 18.4. The lowest BCUT2D eigenvalue weighted by molar-refractivity contribution is 0.0624. The highest BCUT2D eigenvalue weighted by molar-refractivity contribution is 5.34. The van der Waals surface area contributed by atoms with E-state index < -0.39 is 0 Å². The zero-order valence-corrected chi connectivity index (χ0v) is 11.5. The molecule has 100 valence electrons. The van der Waals surface area contributed by atoms with Crippen LogP contribution in [0.4, 0.5) is 0 Å². The van der Waals surface area contributed by atoms with E-state index in [1.54, 1.807) is 7.11 Å². The van der Waals surface area contributed by atoms with E-state index in [9.17, 15) is 0 Å². The third-order valence-corrected chi connectivity index (χ3v) is 3.14. The fourth-order valence-corrected chi connectivity index (χ4v) is 2.21. The van der Waals surface area contributed by atoms with E-state index in [0.29, 0.717) is 6.61 Å². The molecule has 0 heterocycles. The molecule has 0 radical (unpaired) electrons. The van der Waals surface area contributed by atoms with E-state index in [4.69, 9.17) is 9.47 Å². The van der Waals surface area contributed by atoms with Gasteiger partial charge in [-0.1, -0.05) is 48.5 Å². The smallest absolute Gasteiger partial charge is 0.122 e. The summed E-state index contributed by atoms with van der Waals surface area (Å²) in [7, 11) is 1.71. The highest BCUT2D eigenvalue weighted by Crippen LogP contribution is 2.27. The molecular weight excluding hydrogens is 236 g/mol. The first-order valence-electron chi connectivity index (χ1n) is 6.63. The first-order valence-corrected chi connectivity index (χ1v) is 6.63. The van der Waals surface area contributed by atoms with E-state index in [1.165, 1.54) is 11.1 Å². The van der Waals surface area contributed by atoms with Crippen molar-refractivity contribution in [2.24, 2.45) is 0 Å². The second kappa shape index (κ2) is 6.95. The molecule has 0 N–H and O–H groups in total. The SMILES string of the molecule is CCOC(Cc1ccccc1OC)c1ccccc1. The Kier molecular flexibility index (Phi) is 4.99. The predicted octanol–water partition coefficient (Wildman–Crippen LogP) is 4.02. The highest BCUT2D eigenvalue weighted by Gasteiger charge is 2.14. The van der Waals surface area contributed by atoms with Gasteiger partial charge in [-0.15, -0.1) is 0 Å². The number of para-hydroxylation sites is 1. The quantitative estimate of drug-likeness (QED) is 0.777. The van der Waals surface area contributed by atoms with Gasteiger partial charge in [-0.25, -0.2) is 0 Å². The van der Waals surface area contributed by atoms with Crippen LogP contribution >= 0.6 is 0 Å². The summed E-state index contributed by atoms with van der Waals surface area (Å²) in [5.74, 6) is 0.920. The second-order valence-corrected chi connectivity index (χ2v) is 4.37. The number of rotatable bonds is 6. The van der Waals surface area contributed by atoms with Crippen LogP contribution in [-0.2, 0) is 11.2 Å². The van der Waals surface area contributed by atoms with E-state index in [-0.39, 0.29) is 6.10 Å². The Bertz CT molecular complexity index is 494. The standard InChI is InChI=1S/C17H20O2/c1-3-19-17(14-9-5-4-6-10-14)13-15-11-7-8-12-16(15)18-2/h4-12,17H,3,13H2,1-2H3. The maximum atomic E-state index is 5.88. The maximum Gasteiger partial charge on any atom is 0.122 e. The maximum absolute atomic E-state index is 5.88. The molecule has 0 bridgehead atoms. The molecule has 0 saturated heterocycles. The van der Waals surface area contributed by atoms with Gasteiger partial charge in [0.25, 0.3) is 0 Å². The third kappa shape index (κ3) is 3.58. The number of ether oxygens (including phenoxy) is 2. The summed E-state index contributed by atoms with van der Waals surface area (Å²) < 4.78 is 11.3. The molecule has 0 aliphatic rings. The van der Waals surface area contributed by atoms with E-state index in [1.807, 2.05) is 43.3 Å². The number of hydrogen-bond acceptors (Lipinski definition) is 2. The molecule has 2 aromatic rings. The van der Waals surface area contributed by atoms with Crippen LogP contribution in [0.2, 0.25) is 0 Å². The number of benzene rings is 2. The van der Waals surface area contributed by atoms with Crippen LogP contribution in [0.25, 0.3) is 0 Å². The van der Waals surface area contributed by atoms with Gasteiger partial charge >= 0.3 is 0 Å². The van der Waals surface area contributed by atoms with Crippen LogP contribution in [0.5, 0.6) is 5.75 Å². The summed E-state index contributed by atoms with van der Waals surface area (Å²) in [6.07, 6.45) is 0.893. The minimum absolute atomic E-state index is 0.0718. The molecule has 19 heavy (non-hydrogen) atoms. The Morgan fingerprint density at radius 3 is 2.32 bits per heavy atom. The fourth-order valence-electron chi connectivity index (χ4n) is 2.21. The van der Waals surface area contributed by atoms with E-state index in [0.717, 1.165) is 12.2 Å². The van der Waals surface area contributed by atoms with E-state index in [2.05, 4.69) is 18.2 Å². The largest absolute Gasteiger partial charge is 0.496 e. The van der Waals surface area contributed by atoms with Crippen molar-refractivity contribution in [2.45, 2.75) is 19.4 Å². The van der Waals surface area contributed by atoms with Gasteiger partial charge in [0, 0.05) is 13.0 Å². The minimum Gasteiger partial charge on any atom is -0.496 e.